The minimum absolute atomic E-state index is 0.625. The van der Waals surface area contributed by atoms with Crippen molar-refractivity contribution >= 4 is 11.8 Å². The Morgan fingerprint density at radius 1 is 1.04 bits per heavy atom. The van der Waals surface area contributed by atoms with Gasteiger partial charge in [-0.15, -0.1) is 0 Å². The lowest BCUT2D eigenvalue weighted by Gasteiger charge is -2.04. The summed E-state index contributed by atoms with van der Waals surface area (Å²) >= 11 is 1.63. The van der Waals surface area contributed by atoms with E-state index in [1.807, 2.05) is 59.4 Å². The van der Waals surface area contributed by atoms with Crippen molar-refractivity contribution in [3.05, 3.63) is 84.8 Å². The fourth-order valence-corrected chi connectivity index (χ4v) is 3.66. The summed E-state index contributed by atoms with van der Waals surface area (Å²) in [6.07, 6.45) is 5.51. The molecule has 0 spiro atoms. The van der Waals surface area contributed by atoms with Crippen LogP contribution in [-0.2, 0) is 0 Å². The van der Waals surface area contributed by atoms with Crippen LogP contribution >= 0.6 is 11.8 Å². The number of nitriles is 1. The number of benzene rings is 2. The number of nitrogens with zero attached hydrogens (tertiary/aromatic N) is 4. The van der Waals surface area contributed by atoms with Crippen LogP contribution in [0.4, 0.5) is 0 Å². The number of methoxy groups -OCH3 is 1. The van der Waals surface area contributed by atoms with Crippen LogP contribution in [0.5, 0.6) is 5.75 Å². The zero-order valence-electron chi connectivity index (χ0n) is 15.1. The highest BCUT2D eigenvalue weighted by molar-refractivity contribution is 7.99. The van der Waals surface area contributed by atoms with Gasteiger partial charge in [0, 0.05) is 22.9 Å². The van der Waals surface area contributed by atoms with Gasteiger partial charge in [-0.1, -0.05) is 23.9 Å². The van der Waals surface area contributed by atoms with E-state index in [2.05, 4.69) is 11.1 Å². The fourth-order valence-electron chi connectivity index (χ4n) is 2.73. The molecule has 0 aliphatic carbocycles. The average Bonchev–Trinajstić information content (AvgIpc) is 3.19. The first-order chi connectivity index (χ1) is 13.8. The molecule has 2 aromatic carbocycles. The zero-order chi connectivity index (χ0) is 19.3. The average molecular weight is 384 g/mol. The number of pyridine rings is 1. The quantitative estimate of drug-likeness (QED) is 0.486. The lowest BCUT2D eigenvalue weighted by atomic mass is 10.1. The lowest BCUT2D eigenvalue weighted by molar-refractivity contribution is 0.414. The molecule has 0 atom stereocenters. The maximum atomic E-state index is 9.05. The summed E-state index contributed by atoms with van der Waals surface area (Å²) in [4.78, 5) is 6.28. The molecule has 0 bridgehead atoms. The SMILES string of the molecule is COc1ccc(Sc2cn(-c3cccnc3)nc2-c2ccc(C#N)cc2)cc1. The zero-order valence-corrected chi connectivity index (χ0v) is 15.9. The number of hydrogen-bond donors (Lipinski definition) is 0. The molecule has 2 aromatic heterocycles. The Balaban J connectivity index is 1.75. The first-order valence-electron chi connectivity index (χ1n) is 8.59. The minimum atomic E-state index is 0.625. The minimum Gasteiger partial charge on any atom is -0.497 e. The first kappa shape index (κ1) is 17.8. The maximum absolute atomic E-state index is 9.05. The normalized spacial score (nSPS) is 10.4. The third kappa shape index (κ3) is 3.75. The summed E-state index contributed by atoms with van der Waals surface area (Å²) in [5.74, 6) is 0.822. The number of ether oxygens (including phenoxy) is 1. The third-order valence-corrected chi connectivity index (χ3v) is 5.19. The number of aromatic nitrogens is 3. The molecule has 0 N–H and O–H groups in total. The molecule has 28 heavy (non-hydrogen) atoms. The van der Waals surface area contributed by atoms with Crippen LogP contribution in [0.3, 0.4) is 0 Å². The summed E-state index contributed by atoms with van der Waals surface area (Å²) < 4.78 is 7.06. The van der Waals surface area contributed by atoms with Crippen molar-refractivity contribution in [3.63, 3.8) is 0 Å². The van der Waals surface area contributed by atoms with Gasteiger partial charge in [0.25, 0.3) is 0 Å². The van der Waals surface area contributed by atoms with Gasteiger partial charge in [-0.25, -0.2) is 4.68 Å². The smallest absolute Gasteiger partial charge is 0.118 e. The summed E-state index contributed by atoms with van der Waals surface area (Å²) in [7, 11) is 1.66. The third-order valence-electron chi connectivity index (χ3n) is 4.17. The highest BCUT2D eigenvalue weighted by Crippen LogP contribution is 2.36. The Bertz CT molecular complexity index is 1110. The van der Waals surface area contributed by atoms with Crippen LogP contribution in [0.15, 0.2) is 89.0 Å². The van der Waals surface area contributed by atoms with Gasteiger partial charge in [0.2, 0.25) is 0 Å². The summed E-state index contributed by atoms with van der Waals surface area (Å²) in [6.45, 7) is 0. The summed E-state index contributed by atoms with van der Waals surface area (Å²) in [5.41, 5.74) is 3.32. The van der Waals surface area contributed by atoms with Crippen LogP contribution in [0.1, 0.15) is 5.56 Å². The molecule has 2 heterocycles. The Labute approximate surface area is 167 Å². The van der Waals surface area contributed by atoms with Gasteiger partial charge in [0.1, 0.15) is 11.4 Å². The van der Waals surface area contributed by atoms with Gasteiger partial charge >= 0.3 is 0 Å². The molecule has 0 radical (unpaired) electrons. The van der Waals surface area contributed by atoms with Gasteiger partial charge < -0.3 is 4.74 Å². The molecule has 0 amide bonds. The van der Waals surface area contributed by atoms with E-state index in [1.54, 1.807) is 43.4 Å². The van der Waals surface area contributed by atoms with E-state index >= 15 is 0 Å². The topological polar surface area (TPSA) is 63.7 Å². The van der Waals surface area contributed by atoms with E-state index in [0.717, 1.165) is 32.5 Å². The molecule has 0 saturated carbocycles. The van der Waals surface area contributed by atoms with Crippen LogP contribution in [0, 0.1) is 11.3 Å². The van der Waals surface area contributed by atoms with Crippen molar-refractivity contribution in [2.45, 2.75) is 9.79 Å². The molecule has 5 nitrogen and oxygen atoms in total. The van der Waals surface area contributed by atoms with E-state index in [9.17, 15) is 0 Å². The first-order valence-corrected chi connectivity index (χ1v) is 9.41. The maximum Gasteiger partial charge on any atom is 0.118 e. The summed E-state index contributed by atoms with van der Waals surface area (Å²) in [5, 5.41) is 13.8. The number of hydrogen-bond acceptors (Lipinski definition) is 5. The molecule has 4 aromatic rings. The van der Waals surface area contributed by atoms with Gasteiger partial charge in [0.15, 0.2) is 0 Å². The molecule has 6 heteroatoms. The lowest BCUT2D eigenvalue weighted by Crippen LogP contribution is -1.95. The second-order valence-electron chi connectivity index (χ2n) is 5.96. The van der Waals surface area contributed by atoms with Gasteiger partial charge in [0.05, 0.1) is 35.5 Å². The van der Waals surface area contributed by atoms with Gasteiger partial charge in [-0.3, -0.25) is 4.98 Å². The molecule has 0 aliphatic rings. The molecular formula is C22H16N4OS. The molecule has 4 rings (SSSR count). The van der Waals surface area contributed by atoms with Crippen molar-refractivity contribution in [2.75, 3.05) is 7.11 Å². The molecule has 0 aliphatic heterocycles. The van der Waals surface area contributed by atoms with Crippen molar-refractivity contribution in [1.82, 2.24) is 14.8 Å². The molecular weight excluding hydrogens is 368 g/mol. The predicted molar refractivity (Wildman–Crippen MR) is 109 cm³/mol. The van der Waals surface area contributed by atoms with Crippen LogP contribution < -0.4 is 4.74 Å². The van der Waals surface area contributed by atoms with Crippen molar-refractivity contribution < 1.29 is 4.74 Å². The van der Waals surface area contributed by atoms with Gasteiger partial charge in [-0.05, 0) is 48.5 Å². The second kappa shape index (κ2) is 7.99. The largest absolute Gasteiger partial charge is 0.497 e. The fraction of sp³-hybridized carbons (Fsp3) is 0.0455. The molecule has 136 valence electrons. The Hall–Kier alpha value is -3.56. The van der Waals surface area contributed by atoms with Crippen LogP contribution in [0.2, 0.25) is 0 Å². The van der Waals surface area contributed by atoms with E-state index in [0.29, 0.717) is 5.56 Å². The molecule has 0 unspecified atom stereocenters. The predicted octanol–water partition coefficient (Wildman–Crippen LogP) is 4.97. The Kier molecular flexibility index (Phi) is 5.09. The van der Waals surface area contributed by atoms with E-state index in [4.69, 9.17) is 15.1 Å². The van der Waals surface area contributed by atoms with Crippen LogP contribution in [0.25, 0.3) is 16.9 Å². The Morgan fingerprint density at radius 3 is 2.46 bits per heavy atom. The van der Waals surface area contributed by atoms with E-state index < -0.39 is 0 Å². The Morgan fingerprint density at radius 2 is 1.82 bits per heavy atom. The van der Waals surface area contributed by atoms with Crippen molar-refractivity contribution in [2.24, 2.45) is 0 Å². The second-order valence-corrected chi connectivity index (χ2v) is 7.08. The van der Waals surface area contributed by atoms with Gasteiger partial charge in [-0.2, -0.15) is 10.4 Å². The van der Waals surface area contributed by atoms with Crippen molar-refractivity contribution in [1.29, 1.82) is 5.26 Å². The van der Waals surface area contributed by atoms with E-state index in [-0.39, 0.29) is 0 Å². The molecule has 0 saturated heterocycles. The molecule has 0 fully saturated rings. The van der Waals surface area contributed by atoms with E-state index in [1.165, 1.54) is 0 Å². The monoisotopic (exact) mass is 384 g/mol. The summed E-state index contributed by atoms with van der Waals surface area (Å²) in [6, 6.07) is 21.4. The van der Waals surface area contributed by atoms with Crippen molar-refractivity contribution in [3.8, 4) is 28.8 Å². The highest BCUT2D eigenvalue weighted by Gasteiger charge is 2.14. The van der Waals surface area contributed by atoms with Crippen LogP contribution in [-0.4, -0.2) is 21.9 Å². The highest BCUT2D eigenvalue weighted by atomic mass is 32.2. The standard InChI is InChI=1S/C22H16N4OS/c1-27-19-8-10-20(11-9-19)28-21-15-26(18-3-2-12-24-14-18)25-22(21)17-6-4-16(13-23)5-7-17/h2-12,14-15H,1H3. The number of rotatable bonds is 5.